The molecule has 0 saturated carbocycles. The number of halogens is 1. The number of thioether (sulfide) groups is 1. The Labute approximate surface area is 125 Å². The molecule has 0 unspecified atom stereocenters. The number of nitrogens with two attached hydrogens (primary N) is 1. The SMILES string of the molecule is CSc1ccc(Cl)c(C(=O)O[C@@H](C)C(=O)NC(N)=O)c1. The fourth-order valence-corrected chi connectivity index (χ4v) is 1.92. The lowest BCUT2D eigenvalue weighted by molar-refractivity contribution is -0.127. The number of urea groups is 1. The molecule has 0 aliphatic carbocycles. The number of hydrogen-bond donors (Lipinski definition) is 2. The first-order chi connectivity index (χ1) is 9.35. The normalized spacial score (nSPS) is 11.6. The third-order valence-electron chi connectivity index (χ3n) is 2.29. The van der Waals surface area contributed by atoms with E-state index < -0.39 is 24.0 Å². The number of carbonyl (C=O) groups excluding carboxylic acids is 3. The van der Waals surface area contributed by atoms with Crippen LogP contribution in [-0.4, -0.2) is 30.3 Å². The van der Waals surface area contributed by atoms with Gasteiger partial charge in [-0.15, -0.1) is 11.8 Å². The van der Waals surface area contributed by atoms with Crippen molar-refractivity contribution in [2.45, 2.75) is 17.9 Å². The standard InChI is InChI=1S/C12H13ClN2O4S/c1-6(10(16)15-12(14)18)19-11(17)8-5-7(20-2)3-4-9(8)13/h3-6H,1-2H3,(H3,14,15,16,18)/t6-/m0/s1. The second-order valence-corrected chi connectivity index (χ2v) is 5.03. The molecule has 0 heterocycles. The van der Waals surface area contributed by atoms with Gasteiger partial charge in [0.05, 0.1) is 10.6 Å². The maximum atomic E-state index is 11.9. The van der Waals surface area contributed by atoms with Crippen molar-refractivity contribution in [1.29, 1.82) is 0 Å². The number of hydrogen-bond acceptors (Lipinski definition) is 5. The summed E-state index contributed by atoms with van der Waals surface area (Å²) in [5, 5.41) is 2.04. The van der Waals surface area contributed by atoms with Crippen LogP contribution in [0.1, 0.15) is 17.3 Å². The molecular weight excluding hydrogens is 304 g/mol. The summed E-state index contributed by atoms with van der Waals surface area (Å²) >= 11 is 7.35. The van der Waals surface area contributed by atoms with Crippen molar-refractivity contribution in [2.75, 3.05) is 6.26 Å². The highest BCUT2D eigenvalue weighted by molar-refractivity contribution is 7.98. The fourth-order valence-electron chi connectivity index (χ4n) is 1.29. The van der Waals surface area contributed by atoms with Crippen LogP contribution in [0.15, 0.2) is 23.1 Å². The summed E-state index contributed by atoms with van der Waals surface area (Å²) in [7, 11) is 0. The molecule has 1 atom stereocenters. The maximum absolute atomic E-state index is 11.9. The number of ether oxygens (including phenoxy) is 1. The Kier molecular flexibility index (Phi) is 5.84. The van der Waals surface area contributed by atoms with Gasteiger partial charge in [-0.1, -0.05) is 11.6 Å². The predicted octanol–water partition coefficient (Wildman–Crippen LogP) is 1.80. The quantitative estimate of drug-likeness (QED) is 0.652. The van der Waals surface area contributed by atoms with E-state index in [2.05, 4.69) is 0 Å². The first-order valence-corrected chi connectivity index (χ1v) is 7.10. The van der Waals surface area contributed by atoms with Crippen LogP contribution in [0.4, 0.5) is 4.79 Å². The van der Waals surface area contributed by atoms with E-state index in [0.717, 1.165) is 4.90 Å². The van der Waals surface area contributed by atoms with Gasteiger partial charge in [0.15, 0.2) is 6.10 Å². The molecule has 20 heavy (non-hydrogen) atoms. The van der Waals surface area contributed by atoms with E-state index in [1.807, 2.05) is 11.6 Å². The molecule has 0 spiro atoms. The minimum atomic E-state index is -1.16. The van der Waals surface area contributed by atoms with Crippen LogP contribution in [0.3, 0.4) is 0 Å². The molecule has 1 aromatic rings. The van der Waals surface area contributed by atoms with Crippen LogP contribution in [0.5, 0.6) is 0 Å². The zero-order chi connectivity index (χ0) is 15.3. The molecule has 0 aromatic heterocycles. The van der Waals surface area contributed by atoms with Gasteiger partial charge in [0.2, 0.25) is 0 Å². The number of primary amides is 1. The van der Waals surface area contributed by atoms with Crippen LogP contribution in [-0.2, 0) is 9.53 Å². The van der Waals surface area contributed by atoms with Crippen molar-refractivity contribution in [3.63, 3.8) is 0 Å². The molecule has 8 heteroatoms. The molecule has 0 fully saturated rings. The van der Waals surface area contributed by atoms with Crippen LogP contribution in [0.25, 0.3) is 0 Å². The molecule has 1 rings (SSSR count). The number of imide groups is 1. The Bertz CT molecular complexity index is 550. The van der Waals surface area contributed by atoms with Gasteiger partial charge in [-0.3, -0.25) is 10.1 Å². The van der Waals surface area contributed by atoms with E-state index in [9.17, 15) is 14.4 Å². The third kappa shape index (κ3) is 4.43. The maximum Gasteiger partial charge on any atom is 0.340 e. The molecule has 3 N–H and O–H groups in total. The van der Waals surface area contributed by atoms with Gasteiger partial charge < -0.3 is 10.5 Å². The number of benzene rings is 1. The van der Waals surface area contributed by atoms with E-state index in [4.69, 9.17) is 22.1 Å². The Morgan fingerprint density at radius 2 is 2.05 bits per heavy atom. The lowest BCUT2D eigenvalue weighted by Gasteiger charge is -2.13. The molecule has 6 nitrogen and oxygen atoms in total. The Balaban J connectivity index is 2.80. The lowest BCUT2D eigenvalue weighted by atomic mass is 10.2. The summed E-state index contributed by atoms with van der Waals surface area (Å²) in [5.74, 6) is -1.55. The van der Waals surface area contributed by atoms with E-state index in [-0.39, 0.29) is 10.6 Å². The molecule has 0 bridgehead atoms. The lowest BCUT2D eigenvalue weighted by Crippen LogP contribution is -2.42. The second kappa shape index (κ2) is 7.16. The summed E-state index contributed by atoms with van der Waals surface area (Å²) in [4.78, 5) is 34.7. The van der Waals surface area contributed by atoms with Crippen molar-refractivity contribution in [2.24, 2.45) is 5.73 Å². The topological polar surface area (TPSA) is 98.5 Å². The van der Waals surface area contributed by atoms with Crippen molar-refractivity contribution >= 4 is 41.3 Å². The molecule has 0 saturated heterocycles. The van der Waals surface area contributed by atoms with Crippen LogP contribution in [0, 0.1) is 0 Å². The summed E-state index contributed by atoms with van der Waals surface area (Å²) < 4.78 is 4.93. The van der Waals surface area contributed by atoms with Crippen molar-refractivity contribution in [1.82, 2.24) is 5.32 Å². The average molecular weight is 317 g/mol. The summed E-state index contributed by atoms with van der Waals surface area (Å²) in [6.07, 6.45) is 0.686. The average Bonchev–Trinajstić information content (AvgIpc) is 2.38. The largest absolute Gasteiger partial charge is 0.449 e. The third-order valence-corrected chi connectivity index (χ3v) is 3.35. The van der Waals surface area contributed by atoms with Gasteiger partial charge in [-0.05, 0) is 31.4 Å². The van der Waals surface area contributed by atoms with E-state index in [0.29, 0.717) is 0 Å². The van der Waals surface area contributed by atoms with Crippen LogP contribution >= 0.6 is 23.4 Å². The second-order valence-electron chi connectivity index (χ2n) is 3.75. The Morgan fingerprint density at radius 3 is 2.60 bits per heavy atom. The molecule has 1 aromatic carbocycles. The van der Waals surface area contributed by atoms with Gasteiger partial charge in [0.25, 0.3) is 5.91 Å². The Morgan fingerprint density at radius 1 is 1.40 bits per heavy atom. The summed E-state index contributed by atoms with van der Waals surface area (Å²) in [5.41, 5.74) is 4.95. The minimum Gasteiger partial charge on any atom is -0.449 e. The molecular formula is C12H13ClN2O4S. The van der Waals surface area contributed by atoms with Crippen molar-refractivity contribution < 1.29 is 19.1 Å². The number of nitrogens with one attached hydrogen (secondary N) is 1. The highest BCUT2D eigenvalue weighted by Crippen LogP contribution is 2.23. The number of rotatable bonds is 4. The zero-order valence-corrected chi connectivity index (χ0v) is 12.4. The van der Waals surface area contributed by atoms with Crippen molar-refractivity contribution in [3.8, 4) is 0 Å². The highest BCUT2D eigenvalue weighted by atomic mass is 35.5. The van der Waals surface area contributed by atoms with Crippen molar-refractivity contribution in [3.05, 3.63) is 28.8 Å². The zero-order valence-electron chi connectivity index (χ0n) is 10.8. The first-order valence-electron chi connectivity index (χ1n) is 5.50. The molecule has 108 valence electrons. The molecule has 3 amide bonds. The fraction of sp³-hybridized carbons (Fsp3) is 0.250. The molecule has 0 aliphatic rings. The van der Waals surface area contributed by atoms with Gasteiger partial charge in [-0.2, -0.15) is 0 Å². The van der Waals surface area contributed by atoms with Crippen LogP contribution < -0.4 is 11.1 Å². The highest BCUT2D eigenvalue weighted by Gasteiger charge is 2.21. The Hall–Kier alpha value is -1.73. The molecule has 0 aliphatic heterocycles. The number of amides is 3. The van der Waals surface area contributed by atoms with Gasteiger partial charge >= 0.3 is 12.0 Å². The smallest absolute Gasteiger partial charge is 0.340 e. The van der Waals surface area contributed by atoms with Gasteiger partial charge in [0, 0.05) is 4.90 Å². The predicted molar refractivity (Wildman–Crippen MR) is 75.8 cm³/mol. The minimum absolute atomic E-state index is 0.150. The van der Waals surface area contributed by atoms with Gasteiger partial charge in [-0.25, -0.2) is 9.59 Å². The molecule has 0 radical (unpaired) electrons. The van der Waals surface area contributed by atoms with E-state index >= 15 is 0 Å². The van der Waals surface area contributed by atoms with E-state index in [1.54, 1.807) is 18.2 Å². The summed E-state index contributed by atoms with van der Waals surface area (Å²) in [6.45, 7) is 1.32. The summed E-state index contributed by atoms with van der Waals surface area (Å²) in [6, 6.07) is 3.87. The number of esters is 1. The van der Waals surface area contributed by atoms with Gasteiger partial charge in [0.1, 0.15) is 0 Å². The monoisotopic (exact) mass is 316 g/mol. The first kappa shape index (κ1) is 16.3. The van der Waals surface area contributed by atoms with E-state index in [1.165, 1.54) is 18.7 Å². The van der Waals surface area contributed by atoms with Crippen LogP contribution in [0.2, 0.25) is 5.02 Å². The number of carbonyl (C=O) groups is 3.